The predicted octanol–water partition coefficient (Wildman–Crippen LogP) is 3.64. The normalized spacial score (nSPS) is 11.1. The van der Waals surface area contributed by atoms with Gasteiger partial charge in [0.15, 0.2) is 0 Å². The highest BCUT2D eigenvalue weighted by atomic mass is 16.5. The van der Waals surface area contributed by atoms with Crippen molar-refractivity contribution in [1.82, 2.24) is 4.57 Å². The zero-order valence-electron chi connectivity index (χ0n) is 13.6. The van der Waals surface area contributed by atoms with Crippen LogP contribution in [0, 0.1) is 0 Å². The summed E-state index contributed by atoms with van der Waals surface area (Å²) in [7, 11) is 1.77. The first-order valence-electron chi connectivity index (χ1n) is 7.86. The Labute approximate surface area is 143 Å². The molecule has 0 atom stereocenters. The second kappa shape index (κ2) is 5.94. The van der Waals surface area contributed by atoms with Crippen molar-refractivity contribution in [1.29, 1.82) is 0 Å². The summed E-state index contributed by atoms with van der Waals surface area (Å²) in [5.74, 6) is -0.436. The molecular formula is C20H15NO4. The van der Waals surface area contributed by atoms with Gasteiger partial charge in [0.25, 0.3) is 0 Å². The number of aryl methyl sites for hydroxylation is 1. The van der Waals surface area contributed by atoms with Crippen LogP contribution in [-0.2, 0) is 18.4 Å². The van der Waals surface area contributed by atoms with Crippen molar-refractivity contribution in [2.45, 2.75) is 6.61 Å². The molecule has 0 aliphatic heterocycles. The Hall–Kier alpha value is -3.34. The lowest BCUT2D eigenvalue weighted by Gasteiger charge is -2.10. The Morgan fingerprint density at radius 3 is 2.76 bits per heavy atom. The standard InChI is InChI=1S/C20H15NO4/c1-21-10-4-7-16(21)20(23)24-12-14-11-18(22)25-17-9-8-13-5-2-3-6-15(13)19(14)17/h2-11H,12H2,1H3. The number of hydrogen-bond acceptors (Lipinski definition) is 4. The molecule has 2 aromatic heterocycles. The maximum Gasteiger partial charge on any atom is 0.355 e. The largest absolute Gasteiger partial charge is 0.456 e. The minimum Gasteiger partial charge on any atom is -0.456 e. The van der Waals surface area contributed by atoms with Crippen LogP contribution in [0.3, 0.4) is 0 Å². The number of rotatable bonds is 3. The van der Waals surface area contributed by atoms with Crippen molar-refractivity contribution in [2.75, 3.05) is 0 Å². The molecule has 0 aliphatic rings. The molecule has 0 amide bonds. The summed E-state index contributed by atoms with van der Waals surface area (Å²) < 4.78 is 12.4. The Morgan fingerprint density at radius 1 is 1.12 bits per heavy atom. The molecule has 0 N–H and O–H groups in total. The van der Waals surface area contributed by atoms with E-state index in [9.17, 15) is 9.59 Å². The zero-order chi connectivity index (χ0) is 17.4. The molecule has 2 heterocycles. The van der Waals surface area contributed by atoms with Crippen LogP contribution in [0.2, 0.25) is 0 Å². The van der Waals surface area contributed by atoms with Gasteiger partial charge < -0.3 is 13.7 Å². The lowest BCUT2D eigenvalue weighted by atomic mass is 10.0. The van der Waals surface area contributed by atoms with Gasteiger partial charge in [-0.15, -0.1) is 0 Å². The molecule has 0 aliphatic carbocycles. The number of nitrogens with zero attached hydrogens (tertiary/aromatic N) is 1. The third-order valence-electron chi connectivity index (χ3n) is 4.23. The molecule has 0 bridgehead atoms. The van der Waals surface area contributed by atoms with Gasteiger partial charge in [-0.3, -0.25) is 0 Å². The molecule has 5 nitrogen and oxygen atoms in total. The quantitative estimate of drug-likeness (QED) is 0.326. The van der Waals surface area contributed by atoms with Gasteiger partial charge >= 0.3 is 11.6 Å². The molecule has 0 fully saturated rings. The topological polar surface area (TPSA) is 61.4 Å². The number of benzene rings is 2. The average molecular weight is 333 g/mol. The maximum absolute atomic E-state index is 12.2. The zero-order valence-corrected chi connectivity index (χ0v) is 13.6. The summed E-state index contributed by atoms with van der Waals surface area (Å²) in [5.41, 5.74) is 1.10. The summed E-state index contributed by atoms with van der Waals surface area (Å²) in [5, 5.41) is 2.77. The first kappa shape index (κ1) is 15.2. The fourth-order valence-electron chi connectivity index (χ4n) is 3.02. The van der Waals surface area contributed by atoms with Crippen LogP contribution in [0.1, 0.15) is 16.1 Å². The Bertz CT molecular complexity index is 1150. The van der Waals surface area contributed by atoms with Crippen LogP contribution in [-0.4, -0.2) is 10.5 Å². The van der Waals surface area contributed by atoms with E-state index in [0.717, 1.165) is 16.2 Å². The fourth-order valence-corrected chi connectivity index (χ4v) is 3.02. The van der Waals surface area contributed by atoms with Crippen molar-refractivity contribution in [3.63, 3.8) is 0 Å². The van der Waals surface area contributed by atoms with E-state index in [2.05, 4.69) is 0 Å². The fraction of sp³-hybridized carbons (Fsp3) is 0.100. The van der Waals surface area contributed by atoms with E-state index in [1.54, 1.807) is 36.0 Å². The number of esters is 1. The maximum atomic E-state index is 12.2. The summed E-state index contributed by atoms with van der Waals surface area (Å²) in [6.45, 7) is 0.000120. The Balaban J connectivity index is 1.78. The summed E-state index contributed by atoms with van der Waals surface area (Å²) in [6.07, 6.45) is 1.77. The molecule has 0 spiro atoms. The van der Waals surface area contributed by atoms with E-state index in [-0.39, 0.29) is 6.61 Å². The molecule has 5 heteroatoms. The van der Waals surface area contributed by atoms with Crippen LogP contribution in [0.4, 0.5) is 0 Å². The first-order chi connectivity index (χ1) is 12.1. The number of aromatic nitrogens is 1. The van der Waals surface area contributed by atoms with Crippen molar-refractivity contribution in [3.8, 4) is 0 Å². The van der Waals surface area contributed by atoms with Gasteiger partial charge in [0, 0.05) is 30.3 Å². The Morgan fingerprint density at radius 2 is 1.96 bits per heavy atom. The second-order valence-corrected chi connectivity index (χ2v) is 5.83. The molecule has 0 radical (unpaired) electrons. The van der Waals surface area contributed by atoms with Crippen LogP contribution in [0.25, 0.3) is 21.7 Å². The smallest absolute Gasteiger partial charge is 0.355 e. The van der Waals surface area contributed by atoms with E-state index < -0.39 is 11.6 Å². The molecule has 25 heavy (non-hydrogen) atoms. The molecule has 0 unspecified atom stereocenters. The third-order valence-corrected chi connectivity index (χ3v) is 4.23. The van der Waals surface area contributed by atoms with E-state index in [4.69, 9.17) is 9.15 Å². The predicted molar refractivity (Wildman–Crippen MR) is 94.5 cm³/mol. The molecule has 124 valence electrons. The van der Waals surface area contributed by atoms with Gasteiger partial charge in [-0.2, -0.15) is 0 Å². The monoisotopic (exact) mass is 333 g/mol. The number of carbonyl (C=O) groups excluding carboxylic acids is 1. The molecule has 2 aromatic carbocycles. The number of hydrogen-bond donors (Lipinski definition) is 0. The Kier molecular flexibility index (Phi) is 3.61. The lowest BCUT2D eigenvalue weighted by molar-refractivity contribution is 0.0462. The molecule has 0 saturated heterocycles. The van der Waals surface area contributed by atoms with Gasteiger partial charge in [-0.25, -0.2) is 9.59 Å². The van der Waals surface area contributed by atoms with E-state index in [0.29, 0.717) is 16.8 Å². The van der Waals surface area contributed by atoms with Crippen LogP contribution in [0.5, 0.6) is 0 Å². The molecule has 4 aromatic rings. The molecular weight excluding hydrogens is 318 g/mol. The molecule has 4 rings (SSSR count). The number of ether oxygens (including phenoxy) is 1. The van der Waals surface area contributed by atoms with E-state index in [1.165, 1.54) is 6.07 Å². The van der Waals surface area contributed by atoms with Crippen LogP contribution in [0.15, 0.2) is 70.0 Å². The van der Waals surface area contributed by atoms with Gasteiger partial charge in [0.2, 0.25) is 0 Å². The van der Waals surface area contributed by atoms with Crippen molar-refractivity contribution in [2.24, 2.45) is 7.05 Å². The SMILES string of the molecule is Cn1cccc1C(=O)OCc1cc(=O)oc2ccc3ccccc3c12. The van der Waals surface area contributed by atoms with Crippen LogP contribution >= 0.6 is 0 Å². The van der Waals surface area contributed by atoms with Gasteiger partial charge in [0.05, 0.1) is 0 Å². The highest BCUT2D eigenvalue weighted by Gasteiger charge is 2.14. The summed E-state index contributed by atoms with van der Waals surface area (Å²) in [4.78, 5) is 24.1. The van der Waals surface area contributed by atoms with E-state index in [1.807, 2.05) is 30.3 Å². The summed E-state index contributed by atoms with van der Waals surface area (Å²) in [6, 6.07) is 16.3. The highest BCUT2D eigenvalue weighted by Crippen LogP contribution is 2.27. The number of carbonyl (C=O) groups is 1. The van der Waals surface area contributed by atoms with Gasteiger partial charge in [0.1, 0.15) is 17.9 Å². The number of fused-ring (bicyclic) bond motifs is 3. The van der Waals surface area contributed by atoms with Gasteiger partial charge in [-0.05, 0) is 29.0 Å². The van der Waals surface area contributed by atoms with Crippen molar-refractivity contribution < 1.29 is 13.9 Å². The van der Waals surface area contributed by atoms with Gasteiger partial charge in [-0.1, -0.05) is 30.3 Å². The minimum absolute atomic E-state index is 0.000120. The third kappa shape index (κ3) is 2.70. The lowest BCUT2D eigenvalue weighted by Crippen LogP contribution is -2.11. The molecule has 0 saturated carbocycles. The van der Waals surface area contributed by atoms with Crippen molar-refractivity contribution >= 4 is 27.7 Å². The van der Waals surface area contributed by atoms with Crippen LogP contribution < -0.4 is 5.63 Å². The highest BCUT2D eigenvalue weighted by molar-refractivity contribution is 6.07. The summed E-state index contributed by atoms with van der Waals surface area (Å²) >= 11 is 0. The van der Waals surface area contributed by atoms with Crippen molar-refractivity contribution in [3.05, 3.63) is 82.5 Å². The average Bonchev–Trinajstić information content (AvgIpc) is 3.05. The second-order valence-electron chi connectivity index (χ2n) is 5.83. The van der Waals surface area contributed by atoms with E-state index >= 15 is 0 Å². The minimum atomic E-state index is -0.465. The first-order valence-corrected chi connectivity index (χ1v) is 7.86.